The molecular weight excluding hydrogens is 1770 g/mol. The Morgan fingerprint density at radius 1 is 0.252 bits per heavy atom. The van der Waals surface area contributed by atoms with Gasteiger partial charge in [-0.3, -0.25) is 9.59 Å². The van der Waals surface area contributed by atoms with Crippen LogP contribution in [0.2, 0.25) is 0 Å². The van der Waals surface area contributed by atoms with E-state index in [9.17, 15) is 33.6 Å². The monoisotopic (exact) mass is 1900 g/mol. The van der Waals surface area contributed by atoms with Crippen LogP contribution in [0.1, 0.15) is 244 Å². The third-order valence-electron chi connectivity index (χ3n) is 24.3. The van der Waals surface area contributed by atoms with Gasteiger partial charge in [-0.2, -0.15) is 0 Å². The van der Waals surface area contributed by atoms with E-state index in [1.54, 1.807) is 60.7 Å². The molecule has 0 radical (unpaired) electrons. The summed E-state index contributed by atoms with van der Waals surface area (Å²) < 4.78 is 44.5. The Balaban J connectivity index is 0.000000167. The first-order valence-electron chi connectivity index (χ1n) is 47.9. The number of anilines is 5. The van der Waals surface area contributed by atoms with Gasteiger partial charge in [-0.25, -0.2) is 73.8 Å². The summed E-state index contributed by atoms with van der Waals surface area (Å²) in [6.07, 6.45) is 22.7. The smallest absolute Gasteiger partial charge is 0.337 e. The minimum absolute atomic E-state index is 0.178. The SMILES string of the molecule is CCCCc1nc2c(N)nc3cc(C(=O)OC)ccc3c2n1CCCCC(=O)OC.CCCCc1nc2c(N)nc3cc(C(=O)OC)ccc3c2n1CCCCCC(=O)OC.CCCCc1nc2c(N)nc3cc(C(=O)OC)ccc3c2n1CCCCN.CCCCc1nc2c(N)nc3cc(C(=O)OC)ccc3c2n1CCCN.CCCCc1nc2c(N)nc3cc(C(=O)OC)ccc3c2n1CCN. The molecule has 0 unspecified atom stereocenters. The molecule has 139 heavy (non-hydrogen) atoms. The van der Waals surface area contributed by atoms with E-state index in [1.807, 2.05) is 30.3 Å². The summed E-state index contributed by atoms with van der Waals surface area (Å²) in [5, 5.41) is 4.56. The van der Waals surface area contributed by atoms with Gasteiger partial charge < -0.3 is 102 Å². The minimum atomic E-state index is -0.419. The van der Waals surface area contributed by atoms with Gasteiger partial charge >= 0.3 is 41.8 Å². The molecule has 5 aromatic carbocycles. The van der Waals surface area contributed by atoms with Crippen LogP contribution >= 0.6 is 0 Å². The van der Waals surface area contributed by atoms with E-state index in [-0.39, 0.29) is 11.9 Å². The number of esters is 7. The summed E-state index contributed by atoms with van der Waals surface area (Å²) in [5.41, 5.74) is 62.0. The Morgan fingerprint density at radius 2 is 0.468 bits per heavy atom. The van der Waals surface area contributed by atoms with Crippen molar-refractivity contribution in [2.24, 2.45) is 17.2 Å². The molecule has 10 aromatic heterocycles. The van der Waals surface area contributed by atoms with E-state index in [2.05, 4.69) is 82.4 Å². The summed E-state index contributed by atoms with van der Waals surface area (Å²) in [6, 6.07) is 26.6. The van der Waals surface area contributed by atoms with Crippen LogP contribution < -0.4 is 45.9 Å². The average molecular weight is 1910 g/mol. The molecule has 0 amide bonds. The fourth-order valence-corrected chi connectivity index (χ4v) is 17.1. The number of methoxy groups -OCH3 is 7. The fourth-order valence-electron chi connectivity index (χ4n) is 17.1. The lowest BCUT2D eigenvalue weighted by Crippen LogP contribution is -2.13. The van der Waals surface area contributed by atoms with Gasteiger partial charge in [0, 0.05) is 111 Å². The second kappa shape index (κ2) is 50.7. The highest BCUT2D eigenvalue weighted by atomic mass is 16.5. The molecule has 740 valence electrons. The molecule has 0 atom stereocenters. The van der Waals surface area contributed by atoms with Crippen LogP contribution in [0.5, 0.6) is 0 Å². The summed E-state index contributed by atoms with van der Waals surface area (Å²) >= 11 is 0. The number of carbonyl (C=O) groups excluding carboxylic acids is 7. The van der Waals surface area contributed by atoms with Crippen LogP contribution in [0.4, 0.5) is 29.1 Å². The molecule has 37 heteroatoms. The zero-order valence-corrected chi connectivity index (χ0v) is 82.0. The molecule has 0 spiro atoms. The first kappa shape index (κ1) is 105. The number of rotatable bonds is 40. The van der Waals surface area contributed by atoms with Crippen molar-refractivity contribution in [2.75, 3.05) is 98.1 Å². The standard InChI is InChI=1S/C23H30N4O4.C22H28N4O4.C20H27N5O2.C19H25N5O2.C18H23N5O2/c1-4-5-9-18-26-20-21(27(18)13-8-6-7-10-19(28)30-2)16-12-11-15(23(29)31-3)14-17(16)25-22(20)24;1-4-5-8-17-25-19-20(26(17)12-7-6-9-18(27)29-2)15-11-10-14(22(28)30-3)13-16(15)24-21(19)23;1-3-4-7-16-24-17-18(25(16)11-6-5-10-21)14-9-8-13(20(26)27-2)12-15(14)23-19(17)22;1-3-4-6-15-23-16-17(24(15)10-5-9-20)13-8-7-12(19(25)26-2)11-14(13)22-18(16)21;1-3-4-5-14-22-15-16(23(14)9-8-19)12-7-6-11(18(24)25-2)10-13(12)21-17(15)20/h11-12,14H,4-10,13H2,1-3H3,(H2,24,25);10-11,13H,4-9,12H2,1-3H3,(H2,23,24);8-9,12H,3-7,10-11,21H2,1-2H3,(H2,22,23);7-8,11H,3-6,9-10,20H2,1-2H3,(H2,21,22);6-7,10H,3-5,8-9,19H2,1-2H3,(H2,20,21). The van der Waals surface area contributed by atoms with Crippen LogP contribution in [-0.2, 0) is 108 Å². The number of nitrogens with zero attached hydrogens (tertiary/aromatic N) is 15. The normalized spacial score (nSPS) is 11.3. The summed E-state index contributed by atoms with van der Waals surface area (Å²) in [4.78, 5) is 128. The van der Waals surface area contributed by atoms with Crippen LogP contribution in [-0.4, -0.2) is 184 Å². The Bertz CT molecular complexity index is 6900. The number of aromatic nitrogens is 15. The molecule has 0 bridgehead atoms. The van der Waals surface area contributed by atoms with Crippen molar-refractivity contribution in [3.8, 4) is 0 Å². The quantitative estimate of drug-likeness (QED) is 0.0100. The number of nitrogens with two attached hydrogens (primary N) is 8. The maximum atomic E-state index is 11.9. The molecule has 37 nitrogen and oxygen atoms in total. The van der Waals surface area contributed by atoms with Gasteiger partial charge in [-0.15, -0.1) is 0 Å². The number of fused-ring (bicyclic) bond motifs is 15. The second-order valence-corrected chi connectivity index (χ2v) is 33.9. The third kappa shape index (κ3) is 24.8. The molecular formula is C102H133N23O14. The highest BCUT2D eigenvalue weighted by molar-refractivity contribution is 6.13. The molecule has 0 aliphatic carbocycles. The first-order valence-corrected chi connectivity index (χ1v) is 47.9. The van der Waals surface area contributed by atoms with Crippen molar-refractivity contribution in [2.45, 2.75) is 228 Å². The van der Waals surface area contributed by atoms with E-state index in [0.717, 1.165) is 256 Å². The molecule has 0 aliphatic heterocycles. The topological polar surface area (TPSA) is 546 Å². The number of hydrogen-bond donors (Lipinski definition) is 8. The molecule has 15 rings (SSSR count). The van der Waals surface area contributed by atoms with E-state index in [0.29, 0.717) is 152 Å². The molecule has 0 aliphatic rings. The molecule has 0 saturated carbocycles. The number of unbranched alkanes of at least 4 members (excludes halogenated alkanes) is 9. The summed E-state index contributed by atoms with van der Waals surface area (Å²) in [7, 11) is 9.60. The number of hydrogen-bond acceptors (Lipinski definition) is 32. The van der Waals surface area contributed by atoms with E-state index >= 15 is 0 Å². The number of carbonyl (C=O) groups is 7. The lowest BCUT2D eigenvalue weighted by Gasteiger charge is -2.11. The number of benzene rings is 5. The highest BCUT2D eigenvalue weighted by Crippen LogP contribution is 2.38. The molecule has 16 N–H and O–H groups in total. The summed E-state index contributed by atoms with van der Waals surface area (Å²) in [6.45, 7) is 16.3. The Hall–Kier alpha value is -14.3. The van der Waals surface area contributed by atoms with Crippen molar-refractivity contribution in [3.05, 3.63) is 148 Å². The largest absolute Gasteiger partial charge is 0.469 e. The van der Waals surface area contributed by atoms with Crippen LogP contribution in [0.25, 0.3) is 110 Å². The van der Waals surface area contributed by atoms with Gasteiger partial charge in [0.15, 0.2) is 29.1 Å². The Morgan fingerprint density at radius 3 is 0.683 bits per heavy atom. The highest BCUT2D eigenvalue weighted by Gasteiger charge is 2.27. The van der Waals surface area contributed by atoms with Crippen molar-refractivity contribution >= 4 is 181 Å². The first-order chi connectivity index (χ1) is 67.3. The number of ether oxygens (including phenoxy) is 7. The molecule has 0 fully saturated rings. The predicted molar refractivity (Wildman–Crippen MR) is 544 cm³/mol. The zero-order chi connectivity index (χ0) is 100. The van der Waals surface area contributed by atoms with E-state index < -0.39 is 29.8 Å². The molecule has 10 heterocycles. The van der Waals surface area contributed by atoms with Gasteiger partial charge in [0.25, 0.3) is 0 Å². The Labute approximate surface area is 806 Å². The minimum Gasteiger partial charge on any atom is -0.469 e. The van der Waals surface area contributed by atoms with Crippen LogP contribution in [0.15, 0.2) is 91.0 Å². The maximum Gasteiger partial charge on any atom is 0.337 e. The van der Waals surface area contributed by atoms with E-state index in [1.165, 1.54) is 49.8 Å². The predicted octanol–water partition coefficient (Wildman–Crippen LogP) is 15.6. The lowest BCUT2D eigenvalue weighted by atomic mass is 10.1. The Kier molecular flexibility index (Phi) is 38.3. The fraction of sp³-hybridized carbons (Fsp3) is 0.441. The van der Waals surface area contributed by atoms with Crippen molar-refractivity contribution in [3.63, 3.8) is 0 Å². The number of imidazole rings is 5. The van der Waals surface area contributed by atoms with Crippen LogP contribution in [0.3, 0.4) is 0 Å². The van der Waals surface area contributed by atoms with Crippen molar-refractivity contribution in [1.82, 2.24) is 72.7 Å². The molecule has 15 aromatic rings. The molecule has 0 saturated heterocycles. The average Bonchev–Trinajstić information content (AvgIpc) is 1.64. The summed E-state index contributed by atoms with van der Waals surface area (Å²) in [5.74, 6) is 4.37. The number of nitrogen functional groups attached to an aromatic ring is 5. The van der Waals surface area contributed by atoms with Gasteiger partial charge in [-0.1, -0.05) is 73.1 Å². The zero-order valence-electron chi connectivity index (χ0n) is 82.0. The van der Waals surface area contributed by atoms with E-state index in [4.69, 9.17) is 104 Å². The van der Waals surface area contributed by atoms with Crippen molar-refractivity contribution in [1.29, 1.82) is 0 Å². The maximum absolute atomic E-state index is 11.9. The third-order valence-corrected chi connectivity index (χ3v) is 24.3. The van der Waals surface area contributed by atoms with Gasteiger partial charge in [0.2, 0.25) is 0 Å². The van der Waals surface area contributed by atoms with Crippen molar-refractivity contribution < 1.29 is 66.7 Å². The van der Waals surface area contributed by atoms with Gasteiger partial charge in [0.05, 0.1) is 133 Å². The lowest BCUT2D eigenvalue weighted by molar-refractivity contribution is -0.141. The second-order valence-electron chi connectivity index (χ2n) is 33.9. The van der Waals surface area contributed by atoms with Crippen LogP contribution in [0, 0.1) is 0 Å². The number of pyridine rings is 5. The van der Waals surface area contributed by atoms with Gasteiger partial charge in [0.1, 0.15) is 56.7 Å². The van der Waals surface area contributed by atoms with Gasteiger partial charge in [-0.05, 0) is 181 Å². The number of aryl methyl sites for hydroxylation is 9.